The van der Waals surface area contributed by atoms with Crippen molar-refractivity contribution in [3.8, 4) is 22.9 Å². The Morgan fingerprint density at radius 2 is 1.86 bits per heavy atom. The lowest BCUT2D eigenvalue weighted by Gasteiger charge is -2.26. The number of ether oxygens (including phenoxy) is 1. The SMILES string of the molecule is Cc1ccc2c(CS(=O)(=O)Cc3ccccn3)c(F)ccc2c1Oc1ncncc1-c1ccnc(N[C@@H]2CNC[C@@H](F)C2)n1. The first kappa shape index (κ1) is 29.5. The first-order valence-electron chi connectivity index (χ1n) is 14.0. The molecule has 226 valence electrons. The topological polar surface area (TPSA) is 132 Å². The number of sulfone groups is 1. The number of nitrogens with one attached hydrogen (secondary N) is 2. The molecule has 4 heterocycles. The van der Waals surface area contributed by atoms with Gasteiger partial charge in [0.2, 0.25) is 11.8 Å². The normalized spacial score (nSPS) is 17.0. The van der Waals surface area contributed by atoms with Gasteiger partial charge in [-0.3, -0.25) is 4.98 Å². The maximum atomic E-state index is 15.2. The summed E-state index contributed by atoms with van der Waals surface area (Å²) in [6.45, 7) is 2.74. The van der Waals surface area contributed by atoms with Crippen molar-refractivity contribution < 1.29 is 21.9 Å². The van der Waals surface area contributed by atoms with E-state index in [0.29, 0.717) is 58.9 Å². The molecule has 1 fully saturated rings. The van der Waals surface area contributed by atoms with Gasteiger partial charge in [-0.2, -0.15) is 0 Å². The lowest BCUT2D eigenvalue weighted by molar-refractivity contribution is 0.254. The van der Waals surface area contributed by atoms with Gasteiger partial charge in [0.25, 0.3) is 0 Å². The lowest BCUT2D eigenvalue weighted by Crippen LogP contribution is -2.44. The third-order valence-electron chi connectivity index (χ3n) is 7.30. The largest absolute Gasteiger partial charge is 0.437 e. The predicted octanol–water partition coefficient (Wildman–Crippen LogP) is 4.95. The third-order valence-corrected chi connectivity index (χ3v) is 8.76. The molecule has 10 nitrogen and oxygen atoms in total. The standard InChI is InChI=1S/C31H29F2N7O3S/c1-19-5-6-23-24(7-8-27(33)26(23)17-44(41,42)16-21-4-2-3-10-36-21)29(19)43-30-25(15-35-18-38-30)28-9-11-37-31(40-28)39-22-12-20(32)13-34-14-22/h2-11,15,18,20,22,34H,12-14,16-17H2,1H3,(H,37,39,40)/t20-,22-/m0/s1. The van der Waals surface area contributed by atoms with E-state index in [1.165, 1.54) is 18.6 Å². The second-order valence-electron chi connectivity index (χ2n) is 10.6. The van der Waals surface area contributed by atoms with Crippen LogP contribution >= 0.6 is 0 Å². The third kappa shape index (κ3) is 6.63. The molecule has 44 heavy (non-hydrogen) atoms. The van der Waals surface area contributed by atoms with Gasteiger partial charge in [-0.05, 0) is 48.2 Å². The molecule has 0 spiro atoms. The highest BCUT2D eigenvalue weighted by atomic mass is 32.2. The van der Waals surface area contributed by atoms with E-state index in [2.05, 4.69) is 35.6 Å². The Morgan fingerprint density at radius 1 is 1.00 bits per heavy atom. The van der Waals surface area contributed by atoms with Crippen LogP contribution in [0.15, 0.2) is 73.4 Å². The Hall–Kier alpha value is -4.62. The van der Waals surface area contributed by atoms with Crippen molar-refractivity contribution in [2.45, 2.75) is 37.1 Å². The number of aryl methyl sites for hydroxylation is 1. The van der Waals surface area contributed by atoms with Crippen molar-refractivity contribution >= 4 is 26.6 Å². The fraction of sp³-hybridized carbons (Fsp3) is 0.258. The highest BCUT2D eigenvalue weighted by molar-refractivity contribution is 7.89. The summed E-state index contributed by atoms with van der Waals surface area (Å²) in [5, 5.41) is 7.15. The second kappa shape index (κ2) is 12.5. The molecule has 1 saturated heterocycles. The first-order valence-corrected chi connectivity index (χ1v) is 15.8. The Morgan fingerprint density at radius 3 is 2.68 bits per heavy atom. The molecule has 5 aromatic rings. The number of hydrogen-bond acceptors (Lipinski definition) is 10. The Kier molecular flexibility index (Phi) is 8.40. The van der Waals surface area contributed by atoms with Crippen LogP contribution in [0.3, 0.4) is 0 Å². The van der Waals surface area contributed by atoms with E-state index in [9.17, 15) is 12.8 Å². The number of fused-ring (bicyclic) bond motifs is 1. The minimum absolute atomic E-state index is 0.0467. The van der Waals surface area contributed by atoms with Crippen LogP contribution < -0.4 is 15.4 Å². The van der Waals surface area contributed by atoms with Gasteiger partial charge in [0.1, 0.15) is 24.1 Å². The zero-order valence-electron chi connectivity index (χ0n) is 23.7. The van der Waals surface area contributed by atoms with Crippen molar-refractivity contribution in [1.29, 1.82) is 0 Å². The maximum Gasteiger partial charge on any atom is 0.231 e. The summed E-state index contributed by atoms with van der Waals surface area (Å²) in [4.78, 5) is 21.5. The van der Waals surface area contributed by atoms with Crippen LogP contribution in [0.5, 0.6) is 11.6 Å². The van der Waals surface area contributed by atoms with E-state index in [1.54, 1.807) is 54.9 Å². The van der Waals surface area contributed by atoms with Crippen LogP contribution in [0.4, 0.5) is 14.7 Å². The zero-order chi connectivity index (χ0) is 30.7. The van der Waals surface area contributed by atoms with Crippen molar-refractivity contribution in [2.24, 2.45) is 0 Å². The first-order chi connectivity index (χ1) is 21.3. The summed E-state index contributed by atoms with van der Waals surface area (Å²) in [5.74, 6) is -0.549. The van der Waals surface area contributed by atoms with Crippen LogP contribution in [0.1, 0.15) is 23.2 Å². The van der Waals surface area contributed by atoms with Gasteiger partial charge in [-0.1, -0.05) is 18.2 Å². The molecule has 1 aliphatic heterocycles. The van der Waals surface area contributed by atoms with Crippen molar-refractivity contribution in [2.75, 3.05) is 18.4 Å². The smallest absolute Gasteiger partial charge is 0.231 e. The van der Waals surface area contributed by atoms with E-state index in [-0.39, 0.29) is 23.2 Å². The van der Waals surface area contributed by atoms with Crippen molar-refractivity contribution in [3.05, 3.63) is 96.1 Å². The molecule has 0 aliphatic carbocycles. The van der Waals surface area contributed by atoms with E-state index in [0.717, 1.165) is 5.56 Å². The molecule has 0 saturated carbocycles. The van der Waals surface area contributed by atoms with Crippen LogP contribution in [-0.2, 0) is 21.3 Å². The maximum absolute atomic E-state index is 15.2. The number of hydrogen-bond donors (Lipinski definition) is 2. The van der Waals surface area contributed by atoms with E-state index >= 15 is 4.39 Å². The summed E-state index contributed by atoms with van der Waals surface area (Å²) in [7, 11) is -3.75. The van der Waals surface area contributed by atoms with Crippen LogP contribution in [0.25, 0.3) is 22.0 Å². The summed E-state index contributed by atoms with van der Waals surface area (Å²) >= 11 is 0. The quantitative estimate of drug-likeness (QED) is 0.234. The van der Waals surface area contributed by atoms with Gasteiger partial charge in [0, 0.05) is 55.1 Å². The van der Waals surface area contributed by atoms with Gasteiger partial charge >= 0.3 is 0 Å². The number of aromatic nitrogens is 5. The Bertz CT molecular complexity index is 1910. The molecule has 6 rings (SSSR count). The summed E-state index contributed by atoms with van der Waals surface area (Å²) in [5.41, 5.74) is 2.11. The molecule has 0 unspecified atom stereocenters. The average Bonchev–Trinajstić information content (AvgIpc) is 3.00. The van der Waals surface area contributed by atoms with Gasteiger partial charge < -0.3 is 15.4 Å². The monoisotopic (exact) mass is 617 g/mol. The molecular formula is C31H29F2N7O3S. The Balaban J connectivity index is 1.32. The number of rotatable bonds is 9. The fourth-order valence-corrected chi connectivity index (χ4v) is 6.67. The van der Waals surface area contributed by atoms with Crippen molar-refractivity contribution in [1.82, 2.24) is 30.2 Å². The lowest BCUT2D eigenvalue weighted by atomic mass is 10.0. The molecule has 2 N–H and O–H groups in total. The van der Waals surface area contributed by atoms with E-state index < -0.39 is 27.6 Å². The van der Waals surface area contributed by atoms with Gasteiger partial charge in [-0.15, -0.1) is 0 Å². The Labute approximate surface area is 252 Å². The predicted molar refractivity (Wildman–Crippen MR) is 162 cm³/mol. The molecule has 0 bridgehead atoms. The van der Waals surface area contributed by atoms with Crippen LogP contribution in [0.2, 0.25) is 0 Å². The number of piperidine rings is 1. The zero-order valence-corrected chi connectivity index (χ0v) is 24.6. The van der Waals surface area contributed by atoms with E-state index in [1.807, 2.05) is 6.92 Å². The minimum atomic E-state index is -3.75. The molecule has 0 amide bonds. The minimum Gasteiger partial charge on any atom is -0.437 e. The molecule has 2 aromatic carbocycles. The number of nitrogens with zero attached hydrogens (tertiary/aromatic N) is 5. The second-order valence-corrected chi connectivity index (χ2v) is 12.7. The summed E-state index contributed by atoms with van der Waals surface area (Å²) in [6.07, 6.45) is 5.38. The van der Waals surface area contributed by atoms with Crippen LogP contribution in [-0.4, -0.2) is 58.6 Å². The molecule has 1 aliphatic rings. The molecule has 13 heteroatoms. The van der Waals surface area contributed by atoms with Crippen LogP contribution in [0, 0.1) is 12.7 Å². The number of alkyl halides is 1. The van der Waals surface area contributed by atoms with Crippen molar-refractivity contribution in [3.63, 3.8) is 0 Å². The summed E-state index contributed by atoms with van der Waals surface area (Å²) < 4.78 is 61.6. The number of anilines is 1. The number of pyridine rings is 1. The van der Waals surface area contributed by atoms with E-state index in [4.69, 9.17) is 4.74 Å². The fourth-order valence-electron chi connectivity index (χ4n) is 5.22. The van der Waals surface area contributed by atoms with Gasteiger partial charge in [0.05, 0.1) is 28.5 Å². The average molecular weight is 618 g/mol. The van der Waals surface area contributed by atoms with Gasteiger partial charge in [0.15, 0.2) is 9.84 Å². The molecule has 3 aromatic heterocycles. The molecular weight excluding hydrogens is 588 g/mol. The highest BCUT2D eigenvalue weighted by Gasteiger charge is 2.23. The highest BCUT2D eigenvalue weighted by Crippen LogP contribution is 2.38. The summed E-state index contributed by atoms with van der Waals surface area (Å²) in [6, 6.07) is 12.8. The number of halogens is 2. The molecule has 2 atom stereocenters. The number of benzene rings is 2. The van der Waals surface area contributed by atoms with Gasteiger partial charge in [-0.25, -0.2) is 37.1 Å². The molecule has 0 radical (unpaired) electrons.